The van der Waals surface area contributed by atoms with Crippen molar-refractivity contribution in [3.63, 3.8) is 0 Å². The minimum Gasteiger partial charge on any atom is -0.484 e. The summed E-state index contributed by atoms with van der Waals surface area (Å²) in [6.07, 6.45) is 3.91. The van der Waals surface area contributed by atoms with Crippen LogP contribution in [0.1, 0.15) is 45.1 Å². The summed E-state index contributed by atoms with van der Waals surface area (Å²) >= 11 is 0. The predicted octanol–water partition coefficient (Wildman–Crippen LogP) is 0.805. The van der Waals surface area contributed by atoms with Crippen molar-refractivity contribution in [3.8, 4) is 5.75 Å². The maximum Gasteiger partial charge on any atom is 0.335 e. The number of carbonyl (C=O) groups excluding carboxylic acids is 3. The molecule has 1 aliphatic rings. The number of amides is 4. The van der Waals surface area contributed by atoms with Crippen LogP contribution in [0.3, 0.4) is 0 Å². The topological polar surface area (TPSA) is 147 Å². The van der Waals surface area contributed by atoms with Gasteiger partial charge in [0, 0.05) is 19.1 Å². The summed E-state index contributed by atoms with van der Waals surface area (Å²) in [5.74, 6) is 0.0991. The van der Waals surface area contributed by atoms with E-state index in [1.165, 1.54) is 0 Å². The molecule has 1 aliphatic carbocycles. The normalized spacial score (nSPS) is 14.3. The zero-order valence-corrected chi connectivity index (χ0v) is 18.8. The maximum absolute atomic E-state index is 12.3. The van der Waals surface area contributed by atoms with Crippen LogP contribution < -0.4 is 31.8 Å². The van der Waals surface area contributed by atoms with Crippen molar-refractivity contribution in [1.82, 2.24) is 21.4 Å². The molecule has 0 heterocycles. The summed E-state index contributed by atoms with van der Waals surface area (Å²) in [5, 5.41) is 12.2. The Morgan fingerprint density at radius 1 is 1.16 bits per heavy atom. The number of hydrogen-bond acceptors (Lipinski definition) is 6. The highest BCUT2D eigenvalue weighted by molar-refractivity contribution is 6.41. The van der Waals surface area contributed by atoms with Gasteiger partial charge in [-0.05, 0) is 50.3 Å². The zero-order chi connectivity index (χ0) is 23.3. The van der Waals surface area contributed by atoms with Crippen LogP contribution in [0.2, 0.25) is 0 Å². The van der Waals surface area contributed by atoms with E-state index in [4.69, 9.17) is 10.5 Å². The number of urea groups is 1. The Kier molecular flexibility index (Phi) is 10.5. The summed E-state index contributed by atoms with van der Waals surface area (Å²) in [7, 11) is 0. The van der Waals surface area contributed by atoms with Crippen molar-refractivity contribution in [3.05, 3.63) is 29.8 Å². The molecule has 0 saturated heterocycles. The lowest BCUT2D eigenvalue weighted by atomic mass is 10.1. The third-order valence-electron chi connectivity index (χ3n) is 4.74. The van der Waals surface area contributed by atoms with E-state index in [2.05, 4.69) is 26.5 Å². The molecule has 0 radical (unpaired) electrons. The number of hydrazone groups is 1. The second-order valence-corrected chi connectivity index (χ2v) is 7.64. The molecule has 10 heteroatoms. The Morgan fingerprint density at radius 3 is 2.50 bits per heavy atom. The number of nitrogens with one attached hydrogen (secondary N) is 4. The van der Waals surface area contributed by atoms with Crippen molar-refractivity contribution >= 4 is 23.6 Å². The van der Waals surface area contributed by atoms with Gasteiger partial charge < -0.3 is 26.4 Å². The smallest absolute Gasteiger partial charge is 0.335 e. The van der Waals surface area contributed by atoms with Gasteiger partial charge in [-0.25, -0.2) is 10.2 Å². The fourth-order valence-corrected chi connectivity index (χ4v) is 2.86. The van der Waals surface area contributed by atoms with Crippen LogP contribution in [0, 0.1) is 0 Å². The minimum atomic E-state index is -0.534. The Hall–Kier alpha value is -3.14. The first-order chi connectivity index (χ1) is 15.4. The third-order valence-corrected chi connectivity index (χ3v) is 4.74. The highest BCUT2D eigenvalue weighted by atomic mass is 16.5. The monoisotopic (exact) mass is 446 g/mol. The Bertz CT molecular complexity index is 792. The maximum atomic E-state index is 12.3. The van der Waals surface area contributed by atoms with Gasteiger partial charge in [-0.2, -0.15) is 5.10 Å². The Morgan fingerprint density at radius 2 is 1.88 bits per heavy atom. The van der Waals surface area contributed by atoms with Crippen LogP contribution in [0.4, 0.5) is 4.79 Å². The Labute approximate surface area is 188 Å². The highest BCUT2D eigenvalue weighted by Gasteiger charge is 2.27. The molecule has 0 aliphatic heterocycles. The van der Waals surface area contributed by atoms with Gasteiger partial charge in [0.15, 0.2) is 6.61 Å². The lowest BCUT2D eigenvalue weighted by Gasteiger charge is -2.14. The quantitative estimate of drug-likeness (QED) is 0.225. The highest BCUT2D eigenvalue weighted by Crippen LogP contribution is 2.18. The number of likely N-dealkylation sites (N-methyl/N-ethyl adjacent to an activating group) is 1. The number of rotatable bonds is 13. The summed E-state index contributed by atoms with van der Waals surface area (Å²) in [6, 6.07) is 6.43. The average molecular weight is 447 g/mol. The van der Waals surface area contributed by atoms with Crippen molar-refractivity contribution < 1.29 is 19.1 Å². The molecule has 1 saturated carbocycles. The van der Waals surface area contributed by atoms with Gasteiger partial charge in [0.2, 0.25) is 0 Å². The molecule has 1 atom stereocenters. The molecule has 32 heavy (non-hydrogen) atoms. The van der Waals surface area contributed by atoms with Crippen molar-refractivity contribution in [2.24, 2.45) is 10.8 Å². The molecule has 10 nitrogen and oxygen atoms in total. The molecule has 1 fully saturated rings. The van der Waals surface area contributed by atoms with E-state index in [0.717, 1.165) is 24.8 Å². The SMILES string of the molecule is CCC[C@H](N)/C(=N\NC(=O)NCCc1ccc(OCC(=O)NCC)cc1)C(=O)NC1CC1. The summed E-state index contributed by atoms with van der Waals surface area (Å²) < 4.78 is 5.41. The van der Waals surface area contributed by atoms with E-state index in [-0.39, 0.29) is 30.2 Å². The fourth-order valence-electron chi connectivity index (χ4n) is 2.86. The molecular formula is C22H34N6O4. The number of carbonyl (C=O) groups is 3. The third kappa shape index (κ3) is 9.34. The van der Waals surface area contributed by atoms with Crippen LogP contribution in [-0.4, -0.2) is 55.3 Å². The predicted molar refractivity (Wildman–Crippen MR) is 122 cm³/mol. The van der Waals surface area contributed by atoms with Crippen molar-refractivity contribution in [2.45, 2.75) is 58.0 Å². The molecule has 0 spiro atoms. The molecule has 0 unspecified atom stereocenters. The number of benzene rings is 1. The van der Waals surface area contributed by atoms with Gasteiger partial charge in [0.1, 0.15) is 11.5 Å². The zero-order valence-electron chi connectivity index (χ0n) is 18.8. The van der Waals surface area contributed by atoms with E-state index >= 15 is 0 Å². The standard InChI is InChI=1S/C22H34N6O4/c1-3-5-18(23)20(21(30)26-16-8-9-16)27-28-22(31)25-13-12-15-6-10-17(11-7-15)32-14-19(29)24-4-2/h6-7,10-11,16,18H,3-5,8-9,12-14,23H2,1-2H3,(H,24,29)(H,26,30)(H2,25,28,31)/b27-20+/t18-/m0/s1. The lowest BCUT2D eigenvalue weighted by molar-refractivity contribution is -0.123. The molecule has 4 amide bonds. The van der Waals surface area contributed by atoms with Gasteiger partial charge in [-0.1, -0.05) is 25.5 Å². The van der Waals surface area contributed by atoms with Gasteiger partial charge in [0.05, 0.1) is 6.04 Å². The summed E-state index contributed by atoms with van der Waals surface area (Å²) in [4.78, 5) is 35.8. The number of ether oxygens (including phenoxy) is 1. The second kappa shape index (κ2) is 13.3. The van der Waals surface area contributed by atoms with Crippen LogP contribution in [-0.2, 0) is 16.0 Å². The molecular weight excluding hydrogens is 412 g/mol. The lowest BCUT2D eigenvalue weighted by Crippen LogP contribution is -2.45. The largest absolute Gasteiger partial charge is 0.484 e. The van der Waals surface area contributed by atoms with Crippen LogP contribution >= 0.6 is 0 Å². The van der Waals surface area contributed by atoms with E-state index in [0.29, 0.717) is 31.7 Å². The molecule has 0 aromatic heterocycles. The Balaban J connectivity index is 1.76. The second-order valence-electron chi connectivity index (χ2n) is 7.64. The molecule has 176 valence electrons. The van der Waals surface area contributed by atoms with E-state index in [1.54, 1.807) is 12.1 Å². The summed E-state index contributed by atoms with van der Waals surface area (Å²) in [6.45, 7) is 4.73. The first-order valence-electron chi connectivity index (χ1n) is 11.1. The number of nitrogens with zero attached hydrogens (tertiary/aromatic N) is 1. The van der Waals surface area contributed by atoms with Gasteiger partial charge in [-0.15, -0.1) is 0 Å². The van der Waals surface area contributed by atoms with Gasteiger partial charge in [0.25, 0.3) is 11.8 Å². The molecule has 1 aromatic rings. The van der Waals surface area contributed by atoms with Gasteiger partial charge >= 0.3 is 6.03 Å². The number of nitrogens with two attached hydrogens (primary N) is 1. The molecule has 1 aromatic carbocycles. The van der Waals surface area contributed by atoms with Crippen molar-refractivity contribution in [2.75, 3.05) is 19.7 Å². The van der Waals surface area contributed by atoms with Crippen LogP contribution in [0.5, 0.6) is 5.75 Å². The van der Waals surface area contributed by atoms with E-state index in [1.807, 2.05) is 26.0 Å². The minimum absolute atomic E-state index is 0.0298. The fraction of sp³-hybridized carbons (Fsp3) is 0.545. The van der Waals surface area contributed by atoms with Crippen molar-refractivity contribution in [1.29, 1.82) is 0 Å². The average Bonchev–Trinajstić information content (AvgIpc) is 3.57. The van der Waals surface area contributed by atoms with Gasteiger partial charge in [-0.3, -0.25) is 9.59 Å². The molecule has 2 rings (SSSR count). The van der Waals surface area contributed by atoms with E-state index < -0.39 is 12.1 Å². The van der Waals surface area contributed by atoms with Crippen LogP contribution in [0.15, 0.2) is 29.4 Å². The molecule has 0 bridgehead atoms. The number of hydrogen-bond donors (Lipinski definition) is 5. The summed E-state index contributed by atoms with van der Waals surface area (Å²) in [5.41, 5.74) is 9.56. The molecule has 6 N–H and O–H groups in total. The van der Waals surface area contributed by atoms with E-state index in [9.17, 15) is 14.4 Å². The van der Waals surface area contributed by atoms with Crippen LogP contribution in [0.25, 0.3) is 0 Å². The first-order valence-corrected chi connectivity index (χ1v) is 11.1. The first kappa shape index (κ1) is 25.1.